The van der Waals surface area contributed by atoms with Gasteiger partial charge in [0.15, 0.2) is 0 Å². The Labute approximate surface area is 130 Å². The van der Waals surface area contributed by atoms with Crippen molar-refractivity contribution >= 4 is 28.2 Å². The van der Waals surface area contributed by atoms with Gasteiger partial charge in [-0.3, -0.25) is 4.98 Å². The average molecular weight is 299 g/mol. The third kappa shape index (κ3) is 2.22. The summed E-state index contributed by atoms with van der Waals surface area (Å²) in [5, 5.41) is 5.46. The van der Waals surface area contributed by atoms with E-state index in [2.05, 4.69) is 35.4 Å². The van der Waals surface area contributed by atoms with Crippen LogP contribution in [-0.4, -0.2) is 11.0 Å². The van der Waals surface area contributed by atoms with Crippen LogP contribution >= 0.6 is 11.6 Å². The van der Waals surface area contributed by atoms with Crippen molar-refractivity contribution in [1.82, 2.24) is 4.98 Å². The normalized spacial score (nSPS) is 28.2. The zero-order valence-corrected chi connectivity index (χ0v) is 12.8. The maximum Gasteiger partial charge on any atom is 0.0948 e. The van der Waals surface area contributed by atoms with Crippen LogP contribution in [0.2, 0.25) is 5.02 Å². The third-order valence-electron chi connectivity index (χ3n) is 5.07. The number of anilines is 1. The molecule has 4 unspecified atom stereocenters. The molecule has 1 aromatic carbocycles. The van der Waals surface area contributed by atoms with Gasteiger partial charge in [-0.15, -0.1) is 0 Å². The van der Waals surface area contributed by atoms with Gasteiger partial charge in [0.2, 0.25) is 0 Å². The van der Waals surface area contributed by atoms with E-state index in [-0.39, 0.29) is 0 Å². The van der Waals surface area contributed by atoms with Gasteiger partial charge in [0, 0.05) is 17.6 Å². The predicted octanol–water partition coefficient (Wildman–Crippen LogP) is 4.90. The van der Waals surface area contributed by atoms with Gasteiger partial charge in [-0.25, -0.2) is 0 Å². The van der Waals surface area contributed by atoms with Gasteiger partial charge < -0.3 is 5.32 Å². The number of benzene rings is 1. The van der Waals surface area contributed by atoms with E-state index in [9.17, 15) is 0 Å². The molecule has 108 valence electrons. The molecule has 0 amide bonds. The van der Waals surface area contributed by atoms with E-state index in [1.165, 1.54) is 12.8 Å². The predicted molar refractivity (Wildman–Crippen MR) is 88.7 cm³/mol. The van der Waals surface area contributed by atoms with Gasteiger partial charge in [-0.2, -0.15) is 0 Å². The Morgan fingerprint density at radius 1 is 1.24 bits per heavy atom. The first kappa shape index (κ1) is 13.1. The Balaban J connectivity index is 1.63. The molecule has 0 aliphatic heterocycles. The molecule has 2 aromatic rings. The molecular formula is C18H19ClN2. The first-order valence-electron chi connectivity index (χ1n) is 7.70. The molecule has 0 radical (unpaired) electrons. The van der Waals surface area contributed by atoms with E-state index < -0.39 is 0 Å². The van der Waals surface area contributed by atoms with E-state index in [0.717, 1.165) is 39.4 Å². The van der Waals surface area contributed by atoms with Crippen LogP contribution in [-0.2, 0) is 0 Å². The van der Waals surface area contributed by atoms with Crippen LogP contribution in [0.4, 0.5) is 5.69 Å². The number of hydrogen-bond donors (Lipinski definition) is 1. The molecule has 2 bridgehead atoms. The summed E-state index contributed by atoms with van der Waals surface area (Å²) in [6.45, 7) is 2.29. The van der Waals surface area contributed by atoms with Crippen molar-refractivity contribution in [2.75, 3.05) is 5.32 Å². The molecule has 3 heteroatoms. The molecule has 2 nitrogen and oxygen atoms in total. The standard InChI is InChI=1S/C18H19ClN2/c1-11(15-10-12-4-5-13(15)9-12)21-17-7-6-16(19)14-3-2-8-20-18(14)17/h2-8,11-13,15,21H,9-10H2,1H3. The second-order valence-corrected chi connectivity index (χ2v) is 6.78. The van der Waals surface area contributed by atoms with Crippen LogP contribution in [0.15, 0.2) is 42.6 Å². The number of pyridine rings is 1. The van der Waals surface area contributed by atoms with Crippen LogP contribution in [0, 0.1) is 17.8 Å². The highest BCUT2D eigenvalue weighted by molar-refractivity contribution is 6.35. The monoisotopic (exact) mass is 298 g/mol. The Morgan fingerprint density at radius 3 is 2.90 bits per heavy atom. The molecule has 1 saturated carbocycles. The second-order valence-electron chi connectivity index (χ2n) is 6.37. The number of fused-ring (bicyclic) bond motifs is 3. The number of nitrogens with zero attached hydrogens (tertiary/aromatic N) is 1. The minimum atomic E-state index is 0.455. The second kappa shape index (κ2) is 5.03. The maximum atomic E-state index is 6.27. The third-order valence-corrected chi connectivity index (χ3v) is 5.40. The molecular weight excluding hydrogens is 280 g/mol. The van der Waals surface area contributed by atoms with E-state index in [1.54, 1.807) is 0 Å². The topological polar surface area (TPSA) is 24.9 Å². The van der Waals surface area contributed by atoms with Crippen LogP contribution < -0.4 is 5.32 Å². The van der Waals surface area contributed by atoms with Crippen molar-refractivity contribution in [3.05, 3.63) is 47.6 Å². The van der Waals surface area contributed by atoms with E-state index in [4.69, 9.17) is 11.6 Å². The highest BCUT2D eigenvalue weighted by atomic mass is 35.5. The quantitative estimate of drug-likeness (QED) is 0.815. The molecule has 21 heavy (non-hydrogen) atoms. The van der Waals surface area contributed by atoms with Crippen molar-refractivity contribution in [3.8, 4) is 0 Å². The fourth-order valence-corrected chi connectivity index (χ4v) is 4.22. The van der Waals surface area contributed by atoms with Gasteiger partial charge in [-0.05, 0) is 61.8 Å². The highest BCUT2D eigenvalue weighted by Gasteiger charge is 2.38. The average Bonchev–Trinajstić information content (AvgIpc) is 3.13. The molecule has 2 aliphatic rings. The molecule has 1 heterocycles. The van der Waals surface area contributed by atoms with Crippen molar-refractivity contribution in [3.63, 3.8) is 0 Å². The number of allylic oxidation sites excluding steroid dienone is 2. The SMILES string of the molecule is CC(Nc1ccc(Cl)c2cccnc12)C1CC2C=CC1C2. The van der Waals surface area contributed by atoms with Gasteiger partial charge in [-0.1, -0.05) is 23.8 Å². The Hall–Kier alpha value is -1.54. The Bertz CT molecular complexity index is 709. The zero-order valence-electron chi connectivity index (χ0n) is 12.1. The lowest BCUT2D eigenvalue weighted by Crippen LogP contribution is -2.28. The summed E-state index contributed by atoms with van der Waals surface area (Å²) in [6, 6.07) is 8.43. The summed E-state index contributed by atoms with van der Waals surface area (Å²) < 4.78 is 0. The van der Waals surface area contributed by atoms with E-state index in [0.29, 0.717) is 6.04 Å². The van der Waals surface area contributed by atoms with Gasteiger partial charge in [0.05, 0.1) is 16.2 Å². The lowest BCUT2D eigenvalue weighted by atomic mass is 9.87. The zero-order chi connectivity index (χ0) is 14.4. The van der Waals surface area contributed by atoms with E-state index in [1.807, 2.05) is 24.4 Å². The summed E-state index contributed by atoms with van der Waals surface area (Å²) in [6.07, 6.45) is 9.29. The summed E-state index contributed by atoms with van der Waals surface area (Å²) >= 11 is 6.27. The number of aromatic nitrogens is 1. The molecule has 2 aliphatic carbocycles. The minimum absolute atomic E-state index is 0.455. The van der Waals surface area contributed by atoms with E-state index >= 15 is 0 Å². The van der Waals surface area contributed by atoms with Crippen LogP contribution in [0.5, 0.6) is 0 Å². The largest absolute Gasteiger partial charge is 0.381 e. The lowest BCUT2D eigenvalue weighted by molar-refractivity contribution is 0.400. The number of halogens is 1. The van der Waals surface area contributed by atoms with Crippen molar-refractivity contribution < 1.29 is 0 Å². The summed E-state index contributed by atoms with van der Waals surface area (Å²) in [4.78, 5) is 4.51. The number of nitrogens with one attached hydrogen (secondary N) is 1. The van der Waals surface area contributed by atoms with Crippen LogP contribution in [0.3, 0.4) is 0 Å². The first-order chi connectivity index (χ1) is 10.2. The number of rotatable bonds is 3. The summed E-state index contributed by atoms with van der Waals surface area (Å²) in [5.41, 5.74) is 2.06. The summed E-state index contributed by atoms with van der Waals surface area (Å²) in [5.74, 6) is 2.29. The highest BCUT2D eigenvalue weighted by Crippen LogP contribution is 2.45. The Kier molecular flexibility index (Phi) is 3.15. The van der Waals surface area contributed by atoms with Crippen molar-refractivity contribution in [2.24, 2.45) is 17.8 Å². The molecule has 0 spiro atoms. The fourth-order valence-electron chi connectivity index (χ4n) is 4.00. The fraction of sp³-hybridized carbons (Fsp3) is 0.389. The smallest absolute Gasteiger partial charge is 0.0948 e. The molecule has 1 N–H and O–H groups in total. The van der Waals surface area contributed by atoms with Gasteiger partial charge >= 0.3 is 0 Å². The van der Waals surface area contributed by atoms with Gasteiger partial charge in [0.1, 0.15) is 0 Å². The molecule has 0 saturated heterocycles. The molecule has 4 rings (SSSR count). The molecule has 1 fully saturated rings. The van der Waals surface area contributed by atoms with Crippen LogP contribution in [0.25, 0.3) is 10.9 Å². The molecule has 4 atom stereocenters. The van der Waals surface area contributed by atoms with Crippen molar-refractivity contribution in [2.45, 2.75) is 25.8 Å². The number of hydrogen-bond acceptors (Lipinski definition) is 2. The van der Waals surface area contributed by atoms with Crippen molar-refractivity contribution in [1.29, 1.82) is 0 Å². The maximum absolute atomic E-state index is 6.27. The Morgan fingerprint density at radius 2 is 2.14 bits per heavy atom. The molecule has 1 aromatic heterocycles. The lowest BCUT2D eigenvalue weighted by Gasteiger charge is -2.27. The minimum Gasteiger partial charge on any atom is -0.381 e. The first-order valence-corrected chi connectivity index (χ1v) is 8.08. The van der Waals surface area contributed by atoms with Crippen LogP contribution in [0.1, 0.15) is 19.8 Å². The van der Waals surface area contributed by atoms with Gasteiger partial charge in [0.25, 0.3) is 0 Å². The summed E-state index contributed by atoms with van der Waals surface area (Å²) in [7, 11) is 0.